The molecule has 0 saturated carbocycles. The number of phenolic OH excluding ortho intramolecular Hbond substituents is 1. The van der Waals surface area contributed by atoms with Crippen molar-refractivity contribution in [3.8, 4) is 5.75 Å². The molecule has 0 amide bonds. The molecule has 72 valence electrons. The molecule has 0 aromatic heterocycles. The standard InChI is InChI=1S/C8H9BrClNO2/c9-5-1-4(10)2-6(12)8(5)7(13)3-11/h1-2,7,12-13H,3,11H2. The van der Waals surface area contributed by atoms with Crippen molar-refractivity contribution in [2.75, 3.05) is 6.54 Å². The molecule has 0 spiro atoms. The molecule has 0 bridgehead atoms. The molecule has 3 nitrogen and oxygen atoms in total. The van der Waals surface area contributed by atoms with Gasteiger partial charge in [0, 0.05) is 21.6 Å². The van der Waals surface area contributed by atoms with E-state index in [0.717, 1.165) is 0 Å². The summed E-state index contributed by atoms with van der Waals surface area (Å²) >= 11 is 8.85. The lowest BCUT2D eigenvalue weighted by atomic mass is 10.1. The fourth-order valence-electron chi connectivity index (χ4n) is 1.02. The molecule has 4 N–H and O–H groups in total. The lowest BCUT2D eigenvalue weighted by Crippen LogP contribution is -2.12. The van der Waals surface area contributed by atoms with Crippen molar-refractivity contribution < 1.29 is 10.2 Å². The fraction of sp³-hybridized carbons (Fsp3) is 0.250. The minimum absolute atomic E-state index is 0.0494. The Balaban J connectivity index is 3.20. The van der Waals surface area contributed by atoms with Gasteiger partial charge in [-0.1, -0.05) is 27.5 Å². The van der Waals surface area contributed by atoms with Gasteiger partial charge < -0.3 is 15.9 Å². The van der Waals surface area contributed by atoms with Crippen molar-refractivity contribution in [3.05, 3.63) is 27.2 Å². The van der Waals surface area contributed by atoms with E-state index in [1.54, 1.807) is 6.07 Å². The fourth-order valence-corrected chi connectivity index (χ4v) is 2.08. The SMILES string of the molecule is NCC(O)c1c(O)cc(Cl)cc1Br. The van der Waals surface area contributed by atoms with Crippen molar-refractivity contribution in [1.82, 2.24) is 0 Å². The Bertz CT molecular complexity index is 296. The van der Waals surface area contributed by atoms with Gasteiger partial charge in [-0.05, 0) is 12.1 Å². The van der Waals surface area contributed by atoms with Crippen LogP contribution in [0.15, 0.2) is 16.6 Å². The zero-order valence-electron chi connectivity index (χ0n) is 6.67. The lowest BCUT2D eigenvalue weighted by molar-refractivity contribution is 0.182. The highest BCUT2D eigenvalue weighted by Gasteiger charge is 2.15. The molecule has 1 atom stereocenters. The first kappa shape index (κ1) is 10.8. The molecular weight excluding hydrogens is 257 g/mol. The van der Waals surface area contributed by atoms with E-state index >= 15 is 0 Å². The normalized spacial score (nSPS) is 12.9. The Kier molecular flexibility index (Phi) is 3.55. The Morgan fingerprint density at radius 2 is 2.15 bits per heavy atom. The molecule has 13 heavy (non-hydrogen) atoms. The summed E-state index contributed by atoms with van der Waals surface area (Å²) in [5, 5.41) is 19.3. The van der Waals surface area contributed by atoms with Gasteiger partial charge in [-0.2, -0.15) is 0 Å². The number of hydrogen-bond donors (Lipinski definition) is 3. The number of rotatable bonds is 2. The third-order valence-corrected chi connectivity index (χ3v) is 2.50. The van der Waals surface area contributed by atoms with Crippen LogP contribution in [0, 0.1) is 0 Å². The molecule has 5 heteroatoms. The van der Waals surface area contributed by atoms with Crippen LogP contribution in [0.3, 0.4) is 0 Å². The smallest absolute Gasteiger partial charge is 0.124 e. The van der Waals surface area contributed by atoms with Crippen LogP contribution in [0.5, 0.6) is 5.75 Å². The van der Waals surface area contributed by atoms with Crippen molar-refractivity contribution in [2.24, 2.45) is 5.73 Å². The highest BCUT2D eigenvalue weighted by atomic mass is 79.9. The minimum atomic E-state index is -0.883. The first-order chi connectivity index (χ1) is 6.06. The average Bonchev–Trinajstić information content (AvgIpc) is 2.02. The predicted molar refractivity (Wildman–Crippen MR) is 54.8 cm³/mol. The van der Waals surface area contributed by atoms with Crippen LogP contribution in [0.1, 0.15) is 11.7 Å². The van der Waals surface area contributed by atoms with E-state index in [1.807, 2.05) is 0 Å². The molecule has 0 radical (unpaired) electrons. The van der Waals surface area contributed by atoms with Crippen molar-refractivity contribution in [2.45, 2.75) is 6.10 Å². The number of hydrogen-bond acceptors (Lipinski definition) is 3. The van der Waals surface area contributed by atoms with E-state index in [-0.39, 0.29) is 12.3 Å². The highest BCUT2D eigenvalue weighted by molar-refractivity contribution is 9.10. The van der Waals surface area contributed by atoms with Gasteiger partial charge >= 0.3 is 0 Å². The minimum Gasteiger partial charge on any atom is -0.507 e. The first-order valence-electron chi connectivity index (χ1n) is 3.62. The van der Waals surface area contributed by atoms with Crippen molar-refractivity contribution in [3.63, 3.8) is 0 Å². The maximum Gasteiger partial charge on any atom is 0.124 e. The predicted octanol–water partition coefficient (Wildman–Crippen LogP) is 1.80. The second-order valence-electron chi connectivity index (χ2n) is 2.57. The van der Waals surface area contributed by atoms with E-state index in [1.165, 1.54) is 6.07 Å². The van der Waals surface area contributed by atoms with Crippen LogP contribution >= 0.6 is 27.5 Å². The average molecular weight is 267 g/mol. The Morgan fingerprint density at radius 3 is 2.62 bits per heavy atom. The van der Waals surface area contributed by atoms with Gasteiger partial charge in [-0.15, -0.1) is 0 Å². The molecule has 0 fully saturated rings. The third kappa shape index (κ3) is 2.34. The molecule has 0 aliphatic carbocycles. The van der Waals surface area contributed by atoms with Crippen LogP contribution in [0.4, 0.5) is 0 Å². The Hall–Kier alpha value is -0.290. The maximum atomic E-state index is 9.44. The van der Waals surface area contributed by atoms with Crippen LogP contribution in [0.2, 0.25) is 5.02 Å². The number of nitrogens with two attached hydrogens (primary N) is 1. The summed E-state index contributed by atoms with van der Waals surface area (Å²) in [5.41, 5.74) is 5.63. The van der Waals surface area contributed by atoms with Gasteiger partial charge in [0.1, 0.15) is 5.75 Å². The Labute approximate surface area is 89.3 Å². The van der Waals surface area contributed by atoms with Gasteiger partial charge in [0.15, 0.2) is 0 Å². The number of aliphatic hydroxyl groups excluding tert-OH is 1. The monoisotopic (exact) mass is 265 g/mol. The van der Waals surface area contributed by atoms with E-state index in [4.69, 9.17) is 17.3 Å². The molecule has 0 saturated heterocycles. The van der Waals surface area contributed by atoms with Crippen LogP contribution in [0.25, 0.3) is 0 Å². The molecule has 1 unspecified atom stereocenters. The number of phenols is 1. The van der Waals surface area contributed by atoms with E-state index in [9.17, 15) is 10.2 Å². The molecule has 0 aliphatic rings. The quantitative estimate of drug-likeness (QED) is 0.765. The molecule has 1 aromatic rings. The first-order valence-corrected chi connectivity index (χ1v) is 4.79. The lowest BCUT2D eigenvalue weighted by Gasteiger charge is -2.12. The number of aliphatic hydroxyl groups is 1. The molecule has 1 aromatic carbocycles. The molecule has 1 rings (SSSR count). The summed E-state index contributed by atoms with van der Waals surface area (Å²) in [6, 6.07) is 2.95. The van der Waals surface area contributed by atoms with Gasteiger partial charge in [0.2, 0.25) is 0 Å². The summed E-state index contributed by atoms with van der Waals surface area (Å²) < 4.78 is 0.551. The van der Waals surface area contributed by atoms with Gasteiger partial charge in [0.25, 0.3) is 0 Å². The summed E-state index contributed by atoms with van der Waals surface area (Å²) in [7, 11) is 0. The summed E-state index contributed by atoms with van der Waals surface area (Å²) in [6.45, 7) is 0.0494. The van der Waals surface area contributed by atoms with E-state index in [2.05, 4.69) is 15.9 Å². The molecular formula is C8H9BrClNO2. The Morgan fingerprint density at radius 1 is 1.54 bits per heavy atom. The zero-order valence-corrected chi connectivity index (χ0v) is 9.01. The highest BCUT2D eigenvalue weighted by Crippen LogP contribution is 2.34. The summed E-state index contributed by atoms with van der Waals surface area (Å²) in [4.78, 5) is 0. The zero-order chi connectivity index (χ0) is 10.0. The van der Waals surface area contributed by atoms with Crippen LogP contribution in [-0.4, -0.2) is 16.8 Å². The second-order valence-corrected chi connectivity index (χ2v) is 3.86. The van der Waals surface area contributed by atoms with Crippen molar-refractivity contribution in [1.29, 1.82) is 0 Å². The van der Waals surface area contributed by atoms with Crippen LogP contribution < -0.4 is 5.73 Å². The van der Waals surface area contributed by atoms with Gasteiger partial charge in [0.05, 0.1) is 6.10 Å². The number of aromatic hydroxyl groups is 1. The maximum absolute atomic E-state index is 9.44. The third-order valence-electron chi connectivity index (χ3n) is 1.63. The summed E-state index contributed by atoms with van der Waals surface area (Å²) in [5.74, 6) is -0.0580. The van der Waals surface area contributed by atoms with Crippen molar-refractivity contribution >= 4 is 27.5 Å². The largest absolute Gasteiger partial charge is 0.507 e. The number of halogens is 2. The van der Waals surface area contributed by atoms with E-state index < -0.39 is 6.10 Å². The van der Waals surface area contributed by atoms with Gasteiger partial charge in [-0.3, -0.25) is 0 Å². The molecule has 0 heterocycles. The topological polar surface area (TPSA) is 66.5 Å². The number of benzene rings is 1. The summed E-state index contributed by atoms with van der Waals surface area (Å²) in [6.07, 6.45) is -0.883. The molecule has 0 aliphatic heterocycles. The second kappa shape index (κ2) is 4.28. The van der Waals surface area contributed by atoms with E-state index in [0.29, 0.717) is 15.1 Å². The van der Waals surface area contributed by atoms with Crippen LogP contribution in [-0.2, 0) is 0 Å². The van der Waals surface area contributed by atoms with Gasteiger partial charge in [-0.25, -0.2) is 0 Å².